The minimum absolute atomic E-state index is 0.179. The van der Waals surface area contributed by atoms with Crippen LogP contribution in [-0.4, -0.2) is 20.3 Å². The molecule has 0 radical (unpaired) electrons. The van der Waals surface area contributed by atoms with Crippen LogP contribution >= 0.6 is 11.6 Å². The fourth-order valence-electron chi connectivity index (χ4n) is 1.76. The van der Waals surface area contributed by atoms with E-state index < -0.39 is 10.0 Å². The second-order valence-electron chi connectivity index (χ2n) is 5.32. The molecule has 1 N–H and O–H groups in total. The zero-order valence-electron chi connectivity index (χ0n) is 11.9. The van der Waals surface area contributed by atoms with Crippen LogP contribution in [0.1, 0.15) is 31.4 Å². The molecular weight excluding hydrogens is 282 g/mol. The Balaban J connectivity index is 2.73. The first-order valence-corrected chi connectivity index (χ1v) is 8.35. The smallest absolute Gasteiger partial charge is 0.210 e. The molecule has 0 aliphatic rings. The molecule has 0 aliphatic heterocycles. The SMILES string of the molecule is Cc1ccc(S(=O)(=O)NCC(Cl)CC(C)C)cc1C. The van der Waals surface area contributed by atoms with Gasteiger partial charge >= 0.3 is 0 Å². The molecule has 1 atom stereocenters. The van der Waals surface area contributed by atoms with Crippen molar-refractivity contribution in [2.45, 2.75) is 44.4 Å². The van der Waals surface area contributed by atoms with E-state index >= 15 is 0 Å². The van der Waals surface area contributed by atoms with Gasteiger partial charge in [-0.3, -0.25) is 0 Å². The van der Waals surface area contributed by atoms with Crippen LogP contribution < -0.4 is 4.72 Å². The van der Waals surface area contributed by atoms with Gasteiger partial charge in [0.25, 0.3) is 0 Å². The van der Waals surface area contributed by atoms with Gasteiger partial charge in [0, 0.05) is 11.9 Å². The third-order valence-electron chi connectivity index (χ3n) is 3.01. The van der Waals surface area contributed by atoms with Crippen LogP contribution in [0.2, 0.25) is 0 Å². The lowest BCUT2D eigenvalue weighted by atomic mass is 10.1. The van der Waals surface area contributed by atoms with Crippen LogP contribution in [0.25, 0.3) is 0 Å². The van der Waals surface area contributed by atoms with Crippen molar-refractivity contribution in [3.05, 3.63) is 29.3 Å². The lowest BCUT2D eigenvalue weighted by molar-refractivity contribution is 0.544. The second kappa shape index (κ2) is 6.73. The molecule has 0 aromatic heterocycles. The van der Waals surface area contributed by atoms with E-state index in [0.29, 0.717) is 10.8 Å². The summed E-state index contributed by atoms with van der Waals surface area (Å²) < 4.78 is 26.8. The van der Waals surface area contributed by atoms with E-state index in [1.54, 1.807) is 12.1 Å². The third kappa shape index (κ3) is 5.13. The number of sulfonamides is 1. The summed E-state index contributed by atoms with van der Waals surface area (Å²) in [6, 6.07) is 5.12. The van der Waals surface area contributed by atoms with Crippen molar-refractivity contribution in [2.24, 2.45) is 5.92 Å². The Morgan fingerprint density at radius 1 is 1.21 bits per heavy atom. The lowest BCUT2D eigenvalue weighted by Gasteiger charge is -2.13. The summed E-state index contributed by atoms with van der Waals surface area (Å²) >= 11 is 6.10. The Bertz CT molecular complexity index is 526. The van der Waals surface area contributed by atoms with E-state index in [1.165, 1.54) is 0 Å². The largest absolute Gasteiger partial charge is 0.240 e. The summed E-state index contributed by atoms with van der Waals surface area (Å²) in [7, 11) is -3.46. The number of rotatable bonds is 6. The van der Waals surface area contributed by atoms with Gasteiger partial charge in [0.15, 0.2) is 0 Å². The average Bonchev–Trinajstić information content (AvgIpc) is 2.29. The van der Waals surface area contributed by atoms with E-state index in [1.807, 2.05) is 19.9 Å². The van der Waals surface area contributed by atoms with Crippen LogP contribution in [0, 0.1) is 19.8 Å². The Hall–Kier alpha value is -0.580. The number of hydrogen-bond donors (Lipinski definition) is 1. The molecule has 0 amide bonds. The molecule has 0 saturated carbocycles. The van der Waals surface area contributed by atoms with Crippen LogP contribution in [-0.2, 0) is 10.0 Å². The van der Waals surface area contributed by atoms with E-state index in [2.05, 4.69) is 18.6 Å². The average molecular weight is 304 g/mol. The van der Waals surface area contributed by atoms with Gasteiger partial charge < -0.3 is 0 Å². The Labute approximate surface area is 121 Å². The molecule has 1 rings (SSSR count). The monoisotopic (exact) mass is 303 g/mol. The summed E-state index contributed by atoms with van der Waals surface area (Å²) in [5, 5.41) is -0.179. The second-order valence-corrected chi connectivity index (χ2v) is 7.71. The topological polar surface area (TPSA) is 46.2 Å². The fraction of sp³-hybridized carbons (Fsp3) is 0.571. The van der Waals surface area contributed by atoms with Gasteiger partial charge in [0.2, 0.25) is 10.0 Å². The minimum atomic E-state index is -3.46. The minimum Gasteiger partial charge on any atom is -0.210 e. The molecule has 1 unspecified atom stereocenters. The molecule has 0 saturated heterocycles. The van der Waals surface area contributed by atoms with Gasteiger partial charge in [0.05, 0.1) is 4.90 Å². The van der Waals surface area contributed by atoms with Gasteiger partial charge in [-0.15, -0.1) is 11.6 Å². The Morgan fingerprint density at radius 3 is 2.37 bits per heavy atom. The predicted molar refractivity (Wildman–Crippen MR) is 80.2 cm³/mol. The highest BCUT2D eigenvalue weighted by atomic mass is 35.5. The van der Waals surface area contributed by atoms with Crippen molar-refractivity contribution in [2.75, 3.05) is 6.54 Å². The van der Waals surface area contributed by atoms with Gasteiger partial charge in [-0.2, -0.15) is 0 Å². The lowest BCUT2D eigenvalue weighted by Crippen LogP contribution is -2.30. The van der Waals surface area contributed by atoms with E-state index in [-0.39, 0.29) is 11.9 Å². The summed E-state index contributed by atoms with van der Waals surface area (Å²) in [6.45, 7) is 8.24. The first kappa shape index (κ1) is 16.5. The number of aryl methyl sites for hydroxylation is 2. The normalized spacial score (nSPS) is 13.8. The highest BCUT2D eigenvalue weighted by Crippen LogP contribution is 2.15. The number of nitrogens with one attached hydrogen (secondary N) is 1. The van der Waals surface area contributed by atoms with E-state index in [0.717, 1.165) is 17.5 Å². The van der Waals surface area contributed by atoms with Crippen molar-refractivity contribution in [3.8, 4) is 0 Å². The van der Waals surface area contributed by atoms with Gasteiger partial charge in [0.1, 0.15) is 0 Å². The van der Waals surface area contributed by atoms with Crippen LogP contribution in [0.5, 0.6) is 0 Å². The Morgan fingerprint density at radius 2 is 1.84 bits per heavy atom. The molecule has 0 heterocycles. The van der Waals surface area contributed by atoms with Crippen molar-refractivity contribution in [1.82, 2.24) is 4.72 Å². The van der Waals surface area contributed by atoms with E-state index in [4.69, 9.17) is 11.6 Å². The zero-order valence-corrected chi connectivity index (χ0v) is 13.5. The van der Waals surface area contributed by atoms with Crippen LogP contribution in [0.4, 0.5) is 0 Å². The fourth-order valence-corrected chi connectivity index (χ4v) is 3.45. The standard InChI is InChI=1S/C14H22ClNO2S/c1-10(2)7-13(15)9-16-19(17,18)14-6-5-11(3)12(4)8-14/h5-6,8,10,13,16H,7,9H2,1-4H3. The molecule has 19 heavy (non-hydrogen) atoms. The molecule has 1 aromatic rings. The predicted octanol–water partition coefficient (Wildman–Crippen LogP) is 3.24. The highest BCUT2D eigenvalue weighted by Gasteiger charge is 2.16. The van der Waals surface area contributed by atoms with Crippen LogP contribution in [0.3, 0.4) is 0 Å². The quantitative estimate of drug-likeness (QED) is 0.820. The summed E-state index contributed by atoms with van der Waals surface area (Å²) in [6.07, 6.45) is 0.789. The zero-order chi connectivity index (χ0) is 14.6. The maximum absolute atomic E-state index is 12.1. The number of alkyl halides is 1. The Kier molecular flexibility index (Phi) is 5.83. The number of halogens is 1. The van der Waals surface area contributed by atoms with Crippen molar-refractivity contribution >= 4 is 21.6 Å². The van der Waals surface area contributed by atoms with Gasteiger partial charge in [-0.05, 0) is 49.4 Å². The molecule has 0 spiro atoms. The molecule has 1 aromatic carbocycles. The molecule has 0 bridgehead atoms. The summed E-state index contributed by atoms with van der Waals surface area (Å²) in [4.78, 5) is 0.295. The van der Waals surface area contributed by atoms with Crippen molar-refractivity contribution < 1.29 is 8.42 Å². The first-order valence-electron chi connectivity index (χ1n) is 6.43. The van der Waals surface area contributed by atoms with Gasteiger partial charge in [-0.25, -0.2) is 13.1 Å². The highest BCUT2D eigenvalue weighted by molar-refractivity contribution is 7.89. The first-order chi connectivity index (χ1) is 8.72. The van der Waals surface area contributed by atoms with Gasteiger partial charge in [-0.1, -0.05) is 19.9 Å². The molecular formula is C14H22ClNO2S. The molecule has 108 valence electrons. The van der Waals surface area contributed by atoms with Crippen molar-refractivity contribution in [3.63, 3.8) is 0 Å². The summed E-state index contributed by atoms with van der Waals surface area (Å²) in [5.41, 5.74) is 2.04. The number of benzene rings is 1. The molecule has 5 heteroatoms. The van der Waals surface area contributed by atoms with Crippen molar-refractivity contribution in [1.29, 1.82) is 0 Å². The molecule has 3 nitrogen and oxygen atoms in total. The third-order valence-corrected chi connectivity index (χ3v) is 4.76. The maximum atomic E-state index is 12.1. The van der Waals surface area contributed by atoms with Crippen LogP contribution in [0.15, 0.2) is 23.1 Å². The van der Waals surface area contributed by atoms with E-state index in [9.17, 15) is 8.42 Å². The molecule has 0 fully saturated rings. The maximum Gasteiger partial charge on any atom is 0.240 e. The summed E-state index contributed by atoms with van der Waals surface area (Å²) in [5.74, 6) is 0.452. The molecule has 0 aliphatic carbocycles. The number of hydrogen-bond acceptors (Lipinski definition) is 2.